The van der Waals surface area contributed by atoms with Crippen molar-refractivity contribution >= 4 is 11.6 Å². The third-order valence-corrected chi connectivity index (χ3v) is 3.09. The van der Waals surface area contributed by atoms with Crippen LogP contribution in [0.3, 0.4) is 0 Å². The molecule has 1 unspecified atom stereocenters. The number of carbonyl (C=O) groups is 1. The summed E-state index contributed by atoms with van der Waals surface area (Å²) >= 11 is 0. The summed E-state index contributed by atoms with van der Waals surface area (Å²) in [6.45, 7) is 0.458. The minimum absolute atomic E-state index is 0.224. The Hall–Kier alpha value is -2.25. The van der Waals surface area contributed by atoms with Crippen LogP contribution in [0, 0.1) is 0 Å². The molecule has 1 heterocycles. The van der Waals surface area contributed by atoms with Crippen LogP contribution in [-0.2, 0) is 16.6 Å². The number of methoxy groups -OCH3 is 1. The highest BCUT2D eigenvalue weighted by atomic mass is 16.5. The molecule has 0 radical (unpaired) electrons. The number of hydrogen-bond donors (Lipinski definition) is 2. The largest absolute Gasteiger partial charge is 0.385 e. The molecule has 0 aliphatic heterocycles. The van der Waals surface area contributed by atoms with E-state index in [0.717, 1.165) is 11.4 Å². The fourth-order valence-electron chi connectivity index (χ4n) is 1.86. The number of amides is 1. The molecule has 21 heavy (non-hydrogen) atoms. The minimum atomic E-state index is -0.580. The molecule has 0 spiro atoms. The molecule has 0 fully saturated rings. The van der Waals surface area contributed by atoms with E-state index in [-0.39, 0.29) is 5.91 Å². The van der Waals surface area contributed by atoms with Crippen LogP contribution in [0.15, 0.2) is 30.6 Å². The molecule has 0 bridgehead atoms. The molecule has 0 aliphatic rings. The van der Waals surface area contributed by atoms with E-state index in [0.29, 0.717) is 18.7 Å². The van der Waals surface area contributed by atoms with E-state index < -0.39 is 6.04 Å². The first-order valence-corrected chi connectivity index (χ1v) is 6.61. The van der Waals surface area contributed by atoms with Crippen molar-refractivity contribution in [2.45, 2.75) is 12.5 Å². The number of ether oxygens (including phenoxy) is 1. The zero-order chi connectivity index (χ0) is 15.2. The van der Waals surface area contributed by atoms with Gasteiger partial charge in [0.2, 0.25) is 5.91 Å². The van der Waals surface area contributed by atoms with Gasteiger partial charge in [0.05, 0.1) is 6.04 Å². The molecular formula is C14H19N5O2. The van der Waals surface area contributed by atoms with Crippen LogP contribution in [0.1, 0.15) is 6.42 Å². The standard InChI is InChI=1S/C14H19N5O2/c1-19-9-16-18-13(19)10-3-5-11(6-4-10)17-14(20)12(15)7-8-21-2/h3-6,9,12H,7-8,15H2,1-2H3,(H,17,20). The molecule has 0 saturated carbocycles. The molecule has 1 atom stereocenters. The Bertz CT molecular complexity index is 594. The number of aromatic nitrogens is 3. The van der Waals surface area contributed by atoms with E-state index in [1.54, 1.807) is 13.4 Å². The van der Waals surface area contributed by atoms with Crippen LogP contribution in [-0.4, -0.2) is 40.4 Å². The van der Waals surface area contributed by atoms with E-state index in [4.69, 9.17) is 10.5 Å². The maximum Gasteiger partial charge on any atom is 0.241 e. The van der Waals surface area contributed by atoms with Gasteiger partial charge in [-0.1, -0.05) is 0 Å². The Morgan fingerprint density at radius 3 is 2.71 bits per heavy atom. The molecule has 7 nitrogen and oxygen atoms in total. The minimum Gasteiger partial charge on any atom is -0.385 e. The van der Waals surface area contributed by atoms with Crippen LogP contribution in [0.25, 0.3) is 11.4 Å². The molecule has 2 rings (SSSR count). The van der Waals surface area contributed by atoms with Gasteiger partial charge < -0.3 is 20.4 Å². The molecule has 0 saturated heterocycles. The Morgan fingerprint density at radius 2 is 2.14 bits per heavy atom. The summed E-state index contributed by atoms with van der Waals surface area (Å²) in [7, 11) is 3.45. The van der Waals surface area contributed by atoms with Crippen LogP contribution in [0.2, 0.25) is 0 Å². The van der Waals surface area contributed by atoms with Crippen molar-refractivity contribution in [3.8, 4) is 11.4 Å². The van der Waals surface area contributed by atoms with Crippen molar-refractivity contribution in [2.75, 3.05) is 19.0 Å². The SMILES string of the molecule is COCCC(N)C(=O)Nc1ccc(-c2nncn2C)cc1. The number of nitrogens with one attached hydrogen (secondary N) is 1. The van der Waals surface area contributed by atoms with Gasteiger partial charge in [-0.15, -0.1) is 10.2 Å². The molecule has 3 N–H and O–H groups in total. The highest BCUT2D eigenvalue weighted by Crippen LogP contribution is 2.18. The number of nitrogens with zero attached hydrogens (tertiary/aromatic N) is 3. The van der Waals surface area contributed by atoms with Crippen LogP contribution in [0.5, 0.6) is 0 Å². The summed E-state index contributed by atoms with van der Waals surface area (Å²) in [5.41, 5.74) is 7.39. The Kier molecular flexibility index (Phi) is 5.02. The number of rotatable bonds is 6. The lowest BCUT2D eigenvalue weighted by molar-refractivity contribution is -0.117. The summed E-state index contributed by atoms with van der Waals surface area (Å²) in [4.78, 5) is 11.9. The van der Waals surface area contributed by atoms with E-state index >= 15 is 0 Å². The average molecular weight is 289 g/mol. The number of aryl methyl sites for hydroxylation is 1. The van der Waals surface area contributed by atoms with Crippen molar-refractivity contribution in [1.29, 1.82) is 0 Å². The van der Waals surface area contributed by atoms with E-state index in [1.165, 1.54) is 0 Å². The second-order valence-corrected chi connectivity index (χ2v) is 4.72. The molecule has 112 valence electrons. The first-order chi connectivity index (χ1) is 10.1. The third kappa shape index (κ3) is 3.87. The van der Waals surface area contributed by atoms with Crippen molar-refractivity contribution < 1.29 is 9.53 Å². The van der Waals surface area contributed by atoms with Gasteiger partial charge in [-0.2, -0.15) is 0 Å². The van der Waals surface area contributed by atoms with E-state index in [9.17, 15) is 4.79 Å². The zero-order valence-corrected chi connectivity index (χ0v) is 12.1. The lowest BCUT2D eigenvalue weighted by Crippen LogP contribution is -2.36. The molecule has 1 aromatic carbocycles. The van der Waals surface area contributed by atoms with Crippen LogP contribution >= 0.6 is 0 Å². The van der Waals surface area contributed by atoms with Gasteiger partial charge in [0.15, 0.2) is 5.82 Å². The smallest absolute Gasteiger partial charge is 0.241 e. The molecule has 0 aliphatic carbocycles. The fourth-order valence-corrected chi connectivity index (χ4v) is 1.86. The summed E-state index contributed by atoms with van der Waals surface area (Å²) in [5.74, 6) is 0.545. The Balaban J connectivity index is 2.00. The van der Waals surface area contributed by atoms with Gasteiger partial charge in [-0.05, 0) is 30.7 Å². The highest BCUT2D eigenvalue weighted by molar-refractivity contribution is 5.94. The van der Waals surface area contributed by atoms with Crippen molar-refractivity contribution in [2.24, 2.45) is 12.8 Å². The lowest BCUT2D eigenvalue weighted by Gasteiger charge is -2.12. The van der Waals surface area contributed by atoms with E-state index in [1.807, 2.05) is 35.9 Å². The van der Waals surface area contributed by atoms with Gasteiger partial charge in [0.1, 0.15) is 6.33 Å². The second-order valence-electron chi connectivity index (χ2n) is 4.72. The molecule has 1 aromatic heterocycles. The van der Waals surface area contributed by atoms with Gasteiger partial charge in [0.25, 0.3) is 0 Å². The first kappa shape index (κ1) is 15.1. The molecule has 7 heteroatoms. The number of hydrogen-bond acceptors (Lipinski definition) is 5. The van der Waals surface area contributed by atoms with Crippen LogP contribution in [0.4, 0.5) is 5.69 Å². The fraction of sp³-hybridized carbons (Fsp3) is 0.357. The quantitative estimate of drug-likeness (QED) is 0.819. The van der Waals surface area contributed by atoms with E-state index in [2.05, 4.69) is 15.5 Å². The number of anilines is 1. The monoisotopic (exact) mass is 289 g/mol. The third-order valence-electron chi connectivity index (χ3n) is 3.09. The Labute approximate surface area is 123 Å². The summed E-state index contributed by atoms with van der Waals surface area (Å²) < 4.78 is 6.73. The Morgan fingerprint density at radius 1 is 1.43 bits per heavy atom. The van der Waals surface area contributed by atoms with Gasteiger partial charge >= 0.3 is 0 Å². The van der Waals surface area contributed by atoms with Gasteiger partial charge in [-0.25, -0.2) is 0 Å². The number of nitrogens with two attached hydrogens (primary N) is 1. The zero-order valence-electron chi connectivity index (χ0n) is 12.1. The normalized spacial score (nSPS) is 12.1. The summed E-state index contributed by atoms with van der Waals surface area (Å²) in [5, 5.41) is 10.6. The summed E-state index contributed by atoms with van der Waals surface area (Å²) in [6, 6.07) is 6.79. The number of carbonyl (C=O) groups excluding carboxylic acids is 1. The van der Waals surface area contributed by atoms with Gasteiger partial charge in [-0.3, -0.25) is 4.79 Å². The first-order valence-electron chi connectivity index (χ1n) is 6.61. The van der Waals surface area contributed by atoms with Crippen molar-refractivity contribution in [3.63, 3.8) is 0 Å². The maximum absolute atomic E-state index is 11.9. The predicted molar refractivity (Wildman–Crippen MR) is 79.5 cm³/mol. The maximum atomic E-state index is 11.9. The molecule has 2 aromatic rings. The van der Waals surface area contributed by atoms with Crippen molar-refractivity contribution in [1.82, 2.24) is 14.8 Å². The van der Waals surface area contributed by atoms with Crippen LogP contribution < -0.4 is 11.1 Å². The predicted octanol–water partition coefficient (Wildman–Crippen LogP) is 0.784. The number of benzene rings is 1. The topological polar surface area (TPSA) is 95.1 Å². The average Bonchev–Trinajstić information content (AvgIpc) is 2.91. The van der Waals surface area contributed by atoms with Gasteiger partial charge in [0, 0.05) is 32.0 Å². The van der Waals surface area contributed by atoms with Crippen molar-refractivity contribution in [3.05, 3.63) is 30.6 Å². The highest BCUT2D eigenvalue weighted by Gasteiger charge is 2.13. The molecular weight excluding hydrogens is 270 g/mol. The lowest BCUT2D eigenvalue weighted by atomic mass is 10.1. The second kappa shape index (κ2) is 6.96. The summed E-state index contributed by atoms with van der Waals surface area (Å²) in [6.07, 6.45) is 2.12. The molecule has 1 amide bonds.